The van der Waals surface area contributed by atoms with Gasteiger partial charge in [-0.2, -0.15) is 0 Å². The van der Waals surface area contributed by atoms with Crippen molar-refractivity contribution in [3.8, 4) is 0 Å². The highest BCUT2D eigenvalue weighted by molar-refractivity contribution is 6.31. The highest BCUT2D eigenvalue weighted by atomic mass is 35.5. The van der Waals surface area contributed by atoms with E-state index in [4.69, 9.17) is 11.6 Å². The molecular formula is C21H25ClN4O. The SMILES string of the molecule is CN1CCN(c2ccc(CNC(=O)C3CC3c3ccccc3Cl)cn2)CC1. The first-order valence-corrected chi connectivity index (χ1v) is 9.90. The van der Waals surface area contributed by atoms with Gasteiger partial charge in [0, 0.05) is 49.9 Å². The Balaban J connectivity index is 1.28. The number of likely N-dealkylation sites (N-methyl/N-ethyl adjacent to an activating group) is 1. The van der Waals surface area contributed by atoms with Crippen LogP contribution >= 0.6 is 11.6 Å². The van der Waals surface area contributed by atoms with Crippen LogP contribution in [0.2, 0.25) is 5.02 Å². The quantitative estimate of drug-likeness (QED) is 0.861. The van der Waals surface area contributed by atoms with Gasteiger partial charge in [0.05, 0.1) is 0 Å². The lowest BCUT2D eigenvalue weighted by atomic mass is 10.1. The first-order chi connectivity index (χ1) is 13.1. The van der Waals surface area contributed by atoms with E-state index in [1.54, 1.807) is 0 Å². The number of amides is 1. The molecular weight excluding hydrogens is 360 g/mol. The van der Waals surface area contributed by atoms with Gasteiger partial charge in [0.15, 0.2) is 0 Å². The molecule has 1 saturated heterocycles. The fourth-order valence-corrected chi connectivity index (χ4v) is 3.94. The van der Waals surface area contributed by atoms with Gasteiger partial charge in [-0.15, -0.1) is 0 Å². The van der Waals surface area contributed by atoms with Crippen molar-refractivity contribution in [3.05, 3.63) is 58.7 Å². The van der Waals surface area contributed by atoms with Crippen molar-refractivity contribution in [2.24, 2.45) is 5.92 Å². The number of rotatable bonds is 5. The molecule has 0 spiro atoms. The molecule has 2 atom stereocenters. The van der Waals surface area contributed by atoms with Gasteiger partial charge in [-0.3, -0.25) is 4.79 Å². The molecule has 142 valence electrons. The van der Waals surface area contributed by atoms with Crippen molar-refractivity contribution in [3.63, 3.8) is 0 Å². The summed E-state index contributed by atoms with van der Waals surface area (Å²) >= 11 is 6.24. The number of halogens is 1. The zero-order valence-corrected chi connectivity index (χ0v) is 16.3. The summed E-state index contributed by atoms with van der Waals surface area (Å²) in [6.45, 7) is 4.65. The van der Waals surface area contributed by atoms with E-state index in [2.05, 4.69) is 39.3 Å². The van der Waals surface area contributed by atoms with Gasteiger partial charge >= 0.3 is 0 Å². The molecule has 1 aromatic heterocycles. The number of pyridine rings is 1. The number of carbonyl (C=O) groups excluding carboxylic acids is 1. The van der Waals surface area contributed by atoms with Crippen LogP contribution in [0.15, 0.2) is 42.6 Å². The normalized spacial score (nSPS) is 22.5. The summed E-state index contributed by atoms with van der Waals surface area (Å²) in [5.74, 6) is 1.39. The van der Waals surface area contributed by atoms with Crippen LogP contribution < -0.4 is 10.2 Å². The molecule has 1 aliphatic heterocycles. The van der Waals surface area contributed by atoms with Gasteiger partial charge in [-0.25, -0.2) is 4.98 Å². The Bertz CT molecular complexity index is 802. The molecule has 1 amide bonds. The molecule has 2 heterocycles. The molecule has 2 unspecified atom stereocenters. The zero-order valence-electron chi connectivity index (χ0n) is 15.6. The van der Waals surface area contributed by atoms with E-state index >= 15 is 0 Å². The molecule has 1 aromatic carbocycles. The third-order valence-electron chi connectivity index (χ3n) is 5.54. The fourth-order valence-electron chi connectivity index (χ4n) is 3.67. The van der Waals surface area contributed by atoms with E-state index in [1.807, 2.05) is 30.5 Å². The highest BCUT2D eigenvalue weighted by Crippen LogP contribution is 2.49. The molecule has 0 radical (unpaired) electrons. The Kier molecular flexibility index (Phi) is 5.32. The van der Waals surface area contributed by atoms with Gasteiger partial charge in [0.2, 0.25) is 5.91 Å². The number of carbonyl (C=O) groups is 1. The van der Waals surface area contributed by atoms with Crippen molar-refractivity contribution >= 4 is 23.3 Å². The van der Waals surface area contributed by atoms with Crippen molar-refractivity contribution in [1.29, 1.82) is 0 Å². The topological polar surface area (TPSA) is 48.5 Å². The molecule has 1 aliphatic carbocycles. The van der Waals surface area contributed by atoms with E-state index < -0.39 is 0 Å². The minimum absolute atomic E-state index is 0.0301. The maximum atomic E-state index is 12.4. The lowest BCUT2D eigenvalue weighted by Crippen LogP contribution is -2.44. The van der Waals surface area contributed by atoms with Crippen LogP contribution in [0.5, 0.6) is 0 Å². The predicted molar refractivity (Wildman–Crippen MR) is 108 cm³/mol. The smallest absolute Gasteiger partial charge is 0.224 e. The zero-order chi connectivity index (χ0) is 18.8. The summed E-state index contributed by atoms with van der Waals surface area (Å²) in [7, 11) is 2.15. The van der Waals surface area contributed by atoms with Crippen LogP contribution in [0, 0.1) is 5.92 Å². The Labute approximate surface area is 165 Å². The van der Waals surface area contributed by atoms with E-state index in [0.717, 1.165) is 54.6 Å². The Morgan fingerprint density at radius 3 is 2.67 bits per heavy atom. The molecule has 4 rings (SSSR count). The largest absolute Gasteiger partial charge is 0.354 e. The third kappa shape index (κ3) is 4.25. The average molecular weight is 385 g/mol. The first-order valence-electron chi connectivity index (χ1n) is 9.52. The molecule has 1 N–H and O–H groups in total. The first kappa shape index (κ1) is 18.3. The Morgan fingerprint density at radius 1 is 1.19 bits per heavy atom. The van der Waals surface area contributed by atoms with Crippen molar-refractivity contribution < 1.29 is 4.79 Å². The standard InChI is InChI=1S/C21H25ClN4O/c1-25-8-10-26(11-9-25)20-7-6-15(13-23-20)14-24-21(27)18-12-17(18)16-4-2-3-5-19(16)22/h2-7,13,17-18H,8-12,14H2,1H3,(H,24,27). The molecule has 2 aliphatic rings. The van der Waals surface area contributed by atoms with Crippen molar-refractivity contribution in [2.45, 2.75) is 18.9 Å². The van der Waals surface area contributed by atoms with Crippen LogP contribution in [0.1, 0.15) is 23.5 Å². The second-order valence-electron chi connectivity index (χ2n) is 7.50. The minimum Gasteiger partial charge on any atom is -0.354 e. The number of piperazine rings is 1. The Hall–Kier alpha value is -2.11. The molecule has 2 aromatic rings. The lowest BCUT2D eigenvalue weighted by molar-refractivity contribution is -0.122. The summed E-state index contributed by atoms with van der Waals surface area (Å²) in [6, 6.07) is 11.9. The van der Waals surface area contributed by atoms with Gasteiger partial charge in [0.1, 0.15) is 5.82 Å². The van der Waals surface area contributed by atoms with E-state index in [9.17, 15) is 4.79 Å². The monoisotopic (exact) mass is 384 g/mol. The summed E-state index contributed by atoms with van der Waals surface area (Å²) in [4.78, 5) is 21.6. The molecule has 2 fully saturated rings. The van der Waals surface area contributed by atoms with Gasteiger partial charge in [-0.05, 0) is 42.6 Å². The number of nitrogens with zero attached hydrogens (tertiary/aromatic N) is 3. The fraction of sp³-hybridized carbons (Fsp3) is 0.429. The van der Waals surface area contributed by atoms with E-state index in [1.165, 1.54) is 0 Å². The summed E-state index contributed by atoms with van der Waals surface area (Å²) in [5, 5.41) is 3.79. The maximum absolute atomic E-state index is 12.4. The van der Waals surface area contributed by atoms with Gasteiger partial charge in [0.25, 0.3) is 0 Å². The second-order valence-corrected chi connectivity index (χ2v) is 7.91. The van der Waals surface area contributed by atoms with E-state index in [0.29, 0.717) is 6.54 Å². The molecule has 0 bridgehead atoms. The maximum Gasteiger partial charge on any atom is 0.224 e. The average Bonchev–Trinajstić information content (AvgIpc) is 3.48. The van der Waals surface area contributed by atoms with Crippen LogP contribution in [-0.4, -0.2) is 49.0 Å². The minimum atomic E-state index is 0.0301. The summed E-state index contributed by atoms with van der Waals surface area (Å²) < 4.78 is 0. The van der Waals surface area contributed by atoms with E-state index in [-0.39, 0.29) is 17.7 Å². The summed E-state index contributed by atoms with van der Waals surface area (Å²) in [5.41, 5.74) is 2.11. The van der Waals surface area contributed by atoms with Crippen LogP contribution in [0.4, 0.5) is 5.82 Å². The number of hydrogen-bond donors (Lipinski definition) is 1. The van der Waals surface area contributed by atoms with Crippen LogP contribution in [-0.2, 0) is 11.3 Å². The predicted octanol–water partition coefficient (Wildman–Crippen LogP) is 2.91. The number of benzene rings is 1. The molecule has 27 heavy (non-hydrogen) atoms. The number of aromatic nitrogens is 1. The second kappa shape index (κ2) is 7.87. The highest BCUT2D eigenvalue weighted by Gasteiger charge is 2.44. The Morgan fingerprint density at radius 2 is 1.96 bits per heavy atom. The van der Waals surface area contributed by atoms with Crippen LogP contribution in [0.25, 0.3) is 0 Å². The van der Waals surface area contributed by atoms with Gasteiger partial charge < -0.3 is 15.1 Å². The molecule has 6 heteroatoms. The van der Waals surface area contributed by atoms with Crippen molar-refractivity contribution in [2.75, 3.05) is 38.1 Å². The number of anilines is 1. The molecule has 1 saturated carbocycles. The van der Waals surface area contributed by atoms with Gasteiger partial charge in [-0.1, -0.05) is 35.9 Å². The molecule has 5 nitrogen and oxygen atoms in total. The number of nitrogens with one attached hydrogen (secondary N) is 1. The lowest BCUT2D eigenvalue weighted by Gasteiger charge is -2.33. The number of hydrogen-bond acceptors (Lipinski definition) is 4. The third-order valence-corrected chi connectivity index (χ3v) is 5.88. The van der Waals surface area contributed by atoms with Crippen LogP contribution in [0.3, 0.4) is 0 Å². The van der Waals surface area contributed by atoms with Crippen molar-refractivity contribution in [1.82, 2.24) is 15.2 Å². The summed E-state index contributed by atoms with van der Waals surface area (Å²) in [6.07, 6.45) is 2.74.